The Kier molecular flexibility index (Phi) is 9.67. The van der Waals surface area contributed by atoms with Gasteiger partial charge in [0.15, 0.2) is 11.5 Å². The molecule has 0 aromatic heterocycles. The van der Waals surface area contributed by atoms with Gasteiger partial charge in [-0.05, 0) is 44.5 Å². The van der Waals surface area contributed by atoms with Gasteiger partial charge in [0.1, 0.15) is 6.29 Å². The molecule has 0 aliphatic carbocycles. The fourth-order valence-corrected chi connectivity index (χ4v) is 2.43. The summed E-state index contributed by atoms with van der Waals surface area (Å²) >= 11 is 0. The SMILES string of the molecule is CCOc1cc(C=O)ccc1OCCCCN1CCOCC1.Cl. The van der Waals surface area contributed by atoms with Gasteiger partial charge >= 0.3 is 0 Å². The number of nitrogens with zero attached hydrogens (tertiary/aromatic N) is 1. The van der Waals surface area contributed by atoms with E-state index in [1.165, 1.54) is 0 Å². The van der Waals surface area contributed by atoms with Crippen LogP contribution in [0.2, 0.25) is 0 Å². The van der Waals surface area contributed by atoms with Gasteiger partial charge < -0.3 is 14.2 Å². The molecule has 0 bridgehead atoms. The molecule has 2 rings (SSSR count). The maximum atomic E-state index is 10.8. The zero-order valence-electron chi connectivity index (χ0n) is 13.7. The van der Waals surface area contributed by atoms with E-state index < -0.39 is 0 Å². The number of carbonyl (C=O) groups is 1. The Balaban J connectivity index is 0.00000264. The first kappa shape index (κ1) is 19.7. The van der Waals surface area contributed by atoms with Crippen molar-refractivity contribution in [2.45, 2.75) is 19.8 Å². The molecule has 0 amide bonds. The maximum absolute atomic E-state index is 10.8. The fraction of sp³-hybridized carbons (Fsp3) is 0.588. The summed E-state index contributed by atoms with van der Waals surface area (Å²) < 4.78 is 16.7. The summed E-state index contributed by atoms with van der Waals surface area (Å²) in [7, 11) is 0. The number of morpholine rings is 1. The van der Waals surface area contributed by atoms with Crippen LogP contribution in [0, 0.1) is 0 Å². The van der Waals surface area contributed by atoms with Gasteiger partial charge in [-0.2, -0.15) is 0 Å². The number of ether oxygens (including phenoxy) is 3. The third-order valence-corrected chi connectivity index (χ3v) is 3.63. The molecule has 5 nitrogen and oxygen atoms in total. The number of halogens is 1. The number of unbranched alkanes of at least 4 members (excludes halogenated alkanes) is 1. The van der Waals surface area contributed by atoms with Gasteiger partial charge in [0.25, 0.3) is 0 Å². The number of benzene rings is 1. The molecule has 1 heterocycles. The average Bonchev–Trinajstić information content (AvgIpc) is 2.57. The minimum atomic E-state index is 0. The number of aldehydes is 1. The summed E-state index contributed by atoms with van der Waals surface area (Å²) in [6, 6.07) is 5.27. The molecule has 1 fully saturated rings. The molecule has 0 N–H and O–H groups in total. The van der Waals surface area contributed by atoms with Gasteiger partial charge in [-0.3, -0.25) is 9.69 Å². The smallest absolute Gasteiger partial charge is 0.161 e. The number of rotatable bonds is 9. The van der Waals surface area contributed by atoms with Crippen LogP contribution in [0.5, 0.6) is 11.5 Å². The first-order chi connectivity index (χ1) is 10.8. The van der Waals surface area contributed by atoms with Gasteiger partial charge in [0.2, 0.25) is 0 Å². The van der Waals surface area contributed by atoms with Crippen LogP contribution >= 0.6 is 12.4 Å². The quantitative estimate of drug-likeness (QED) is 0.509. The highest BCUT2D eigenvalue weighted by molar-refractivity contribution is 5.85. The van der Waals surface area contributed by atoms with E-state index in [1.54, 1.807) is 18.2 Å². The molecular weight excluding hydrogens is 318 g/mol. The lowest BCUT2D eigenvalue weighted by atomic mass is 10.2. The van der Waals surface area contributed by atoms with Crippen LogP contribution in [0.1, 0.15) is 30.1 Å². The predicted octanol–water partition coefficient (Wildman–Crippen LogP) is 2.81. The molecule has 1 aromatic rings. The van der Waals surface area contributed by atoms with E-state index in [9.17, 15) is 4.79 Å². The third kappa shape index (κ3) is 6.77. The molecule has 0 unspecified atom stereocenters. The second-order valence-electron chi connectivity index (χ2n) is 5.27. The highest BCUT2D eigenvalue weighted by Gasteiger charge is 2.10. The van der Waals surface area contributed by atoms with E-state index in [0.29, 0.717) is 30.3 Å². The molecule has 0 saturated carbocycles. The van der Waals surface area contributed by atoms with Crippen LogP contribution < -0.4 is 9.47 Å². The predicted molar refractivity (Wildman–Crippen MR) is 92.2 cm³/mol. The lowest BCUT2D eigenvalue weighted by Crippen LogP contribution is -2.36. The van der Waals surface area contributed by atoms with Gasteiger partial charge in [-0.15, -0.1) is 12.4 Å². The minimum Gasteiger partial charge on any atom is -0.490 e. The molecule has 130 valence electrons. The lowest BCUT2D eigenvalue weighted by Gasteiger charge is -2.26. The van der Waals surface area contributed by atoms with Crippen LogP contribution in [0.25, 0.3) is 0 Å². The van der Waals surface area contributed by atoms with E-state index in [4.69, 9.17) is 14.2 Å². The highest BCUT2D eigenvalue weighted by atomic mass is 35.5. The second-order valence-corrected chi connectivity index (χ2v) is 5.27. The normalized spacial score (nSPS) is 14.8. The van der Waals surface area contributed by atoms with Gasteiger partial charge in [0, 0.05) is 18.7 Å². The zero-order chi connectivity index (χ0) is 15.6. The van der Waals surface area contributed by atoms with E-state index in [-0.39, 0.29) is 12.4 Å². The molecule has 6 heteroatoms. The summed E-state index contributed by atoms with van der Waals surface area (Å²) in [5.74, 6) is 1.35. The maximum Gasteiger partial charge on any atom is 0.161 e. The number of hydrogen-bond acceptors (Lipinski definition) is 5. The van der Waals surface area contributed by atoms with Crippen molar-refractivity contribution < 1.29 is 19.0 Å². The summed E-state index contributed by atoms with van der Waals surface area (Å²) in [5.41, 5.74) is 0.600. The molecule has 23 heavy (non-hydrogen) atoms. The van der Waals surface area contributed by atoms with Crippen LogP contribution in [-0.4, -0.2) is 57.2 Å². The summed E-state index contributed by atoms with van der Waals surface area (Å²) in [4.78, 5) is 13.2. The van der Waals surface area contributed by atoms with Gasteiger partial charge in [-0.25, -0.2) is 0 Å². The monoisotopic (exact) mass is 343 g/mol. The van der Waals surface area contributed by atoms with Crippen molar-refractivity contribution in [3.05, 3.63) is 23.8 Å². The Morgan fingerprint density at radius 3 is 2.65 bits per heavy atom. The molecular formula is C17H26ClNO4. The molecule has 1 aliphatic rings. The summed E-state index contributed by atoms with van der Waals surface area (Å²) in [6.45, 7) is 7.97. The van der Waals surface area contributed by atoms with Crippen molar-refractivity contribution in [3.63, 3.8) is 0 Å². The van der Waals surface area contributed by atoms with Crippen LogP contribution in [-0.2, 0) is 4.74 Å². The Morgan fingerprint density at radius 2 is 1.96 bits per heavy atom. The van der Waals surface area contributed by atoms with Crippen LogP contribution in [0.4, 0.5) is 0 Å². The summed E-state index contributed by atoms with van der Waals surface area (Å²) in [5, 5.41) is 0. The largest absolute Gasteiger partial charge is 0.490 e. The zero-order valence-corrected chi connectivity index (χ0v) is 14.5. The fourth-order valence-electron chi connectivity index (χ4n) is 2.43. The summed E-state index contributed by atoms with van der Waals surface area (Å²) in [6.07, 6.45) is 2.92. The molecule has 1 saturated heterocycles. The standard InChI is InChI=1S/C17H25NO4.ClH/c1-2-21-17-13-15(14-19)5-6-16(17)22-10-4-3-7-18-8-11-20-12-9-18;/h5-6,13-14H,2-4,7-12H2,1H3;1H. The van der Waals surface area contributed by atoms with E-state index >= 15 is 0 Å². The van der Waals surface area contributed by atoms with Crippen LogP contribution in [0.15, 0.2) is 18.2 Å². The van der Waals surface area contributed by atoms with Crippen molar-refractivity contribution >= 4 is 18.7 Å². The lowest BCUT2D eigenvalue weighted by molar-refractivity contribution is 0.0367. The van der Waals surface area contributed by atoms with E-state index in [0.717, 1.165) is 52.0 Å². The Morgan fingerprint density at radius 1 is 1.17 bits per heavy atom. The average molecular weight is 344 g/mol. The van der Waals surface area contributed by atoms with Crippen molar-refractivity contribution in [1.29, 1.82) is 0 Å². The Bertz CT molecular complexity index is 464. The van der Waals surface area contributed by atoms with E-state index in [1.807, 2.05) is 6.92 Å². The number of hydrogen-bond donors (Lipinski definition) is 0. The molecule has 0 atom stereocenters. The minimum absolute atomic E-state index is 0. The van der Waals surface area contributed by atoms with E-state index in [2.05, 4.69) is 4.90 Å². The second kappa shape index (κ2) is 11.3. The van der Waals surface area contributed by atoms with Crippen molar-refractivity contribution in [1.82, 2.24) is 4.90 Å². The Labute approximate surface area is 144 Å². The third-order valence-electron chi connectivity index (χ3n) is 3.63. The van der Waals surface area contributed by atoms with Crippen molar-refractivity contribution in [2.75, 3.05) is 46.1 Å². The topological polar surface area (TPSA) is 48.0 Å². The molecule has 1 aromatic carbocycles. The Hall–Kier alpha value is -1.30. The highest BCUT2D eigenvalue weighted by Crippen LogP contribution is 2.28. The molecule has 0 radical (unpaired) electrons. The first-order valence-corrected chi connectivity index (χ1v) is 7.98. The molecule has 0 spiro atoms. The van der Waals surface area contributed by atoms with Gasteiger partial charge in [-0.1, -0.05) is 0 Å². The van der Waals surface area contributed by atoms with Crippen molar-refractivity contribution in [2.24, 2.45) is 0 Å². The number of carbonyl (C=O) groups excluding carboxylic acids is 1. The molecule has 1 aliphatic heterocycles. The van der Waals surface area contributed by atoms with Crippen molar-refractivity contribution in [3.8, 4) is 11.5 Å². The van der Waals surface area contributed by atoms with Gasteiger partial charge in [0.05, 0.1) is 26.4 Å². The first-order valence-electron chi connectivity index (χ1n) is 7.98. The van der Waals surface area contributed by atoms with Crippen LogP contribution in [0.3, 0.4) is 0 Å².